The molecule has 4 nitrogen and oxygen atoms in total. The smallest absolute Gasteiger partial charge is 0.153 e. The summed E-state index contributed by atoms with van der Waals surface area (Å²) in [5.74, 6) is 0.827. The monoisotopic (exact) mass is 246 g/mol. The summed E-state index contributed by atoms with van der Waals surface area (Å²) in [7, 11) is 0. The Hall–Kier alpha value is -1.42. The number of hydrogen-bond acceptors (Lipinski definition) is 4. The fraction of sp³-hybridized carbons (Fsp3) is 0.571. The van der Waals surface area contributed by atoms with Crippen LogP contribution in [-0.2, 0) is 4.74 Å². The molecule has 2 atom stereocenters. The zero-order valence-corrected chi connectivity index (χ0v) is 10.4. The molecule has 0 amide bonds. The molecule has 0 aromatic carbocycles. The van der Waals surface area contributed by atoms with Gasteiger partial charge in [-0.25, -0.2) is 4.98 Å². The first-order valence-electron chi connectivity index (χ1n) is 6.68. The van der Waals surface area contributed by atoms with Gasteiger partial charge >= 0.3 is 0 Å². The van der Waals surface area contributed by atoms with Gasteiger partial charge < -0.3 is 9.64 Å². The summed E-state index contributed by atoms with van der Waals surface area (Å²) in [6.07, 6.45) is 7.73. The van der Waals surface area contributed by atoms with Crippen LogP contribution in [0.1, 0.15) is 36.0 Å². The molecule has 2 fully saturated rings. The van der Waals surface area contributed by atoms with Gasteiger partial charge in [-0.05, 0) is 25.0 Å². The zero-order valence-electron chi connectivity index (χ0n) is 10.4. The first-order valence-corrected chi connectivity index (χ1v) is 6.68. The number of carbonyl (C=O) groups excluding carboxylic acids is 1. The molecule has 1 aromatic heterocycles. The predicted octanol–water partition coefficient (Wildman–Crippen LogP) is 2.04. The Morgan fingerprint density at radius 2 is 2.28 bits per heavy atom. The van der Waals surface area contributed by atoms with Gasteiger partial charge in [-0.3, -0.25) is 4.79 Å². The number of nitrogens with zero attached hydrogens (tertiary/aromatic N) is 2. The first-order chi connectivity index (χ1) is 8.90. The number of carbonyl (C=O) groups is 1. The van der Waals surface area contributed by atoms with Crippen LogP contribution in [0.25, 0.3) is 0 Å². The molecule has 1 saturated heterocycles. The Labute approximate surface area is 107 Å². The van der Waals surface area contributed by atoms with Crippen molar-refractivity contribution in [1.29, 1.82) is 0 Å². The lowest BCUT2D eigenvalue weighted by Gasteiger charge is -2.44. The highest BCUT2D eigenvalue weighted by molar-refractivity contribution is 5.82. The van der Waals surface area contributed by atoms with Crippen molar-refractivity contribution in [1.82, 2.24) is 4.98 Å². The van der Waals surface area contributed by atoms with Crippen molar-refractivity contribution >= 4 is 12.1 Å². The summed E-state index contributed by atoms with van der Waals surface area (Å²) < 4.78 is 5.85. The third kappa shape index (κ3) is 2.01. The fourth-order valence-corrected chi connectivity index (χ4v) is 3.10. The molecule has 0 bridgehead atoms. The largest absolute Gasteiger partial charge is 0.374 e. The molecule has 2 aliphatic rings. The van der Waals surface area contributed by atoms with Gasteiger partial charge in [0, 0.05) is 12.7 Å². The molecule has 1 aliphatic carbocycles. The van der Waals surface area contributed by atoms with E-state index in [9.17, 15) is 4.79 Å². The van der Waals surface area contributed by atoms with Crippen LogP contribution in [0.15, 0.2) is 18.3 Å². The number of fused-ring (bicyclic) bond motifs is 1. The average molecular weight is 246 g/mol. The molecule has 0 spiro atoms. The predicted molar refractivity (Wildman–Crippen MR) is 69.0 cm³/mol. The van der Waals surface area contributed by atoms with Crippen LogP contribution in [0.2, 0.25) is 0 Å². The van der Waals surface area contributed by atoms with E-state index in [-0.39, 0.29) is 0 Å². The highest BCUT2D eigenvalue weighted by Crippen LogP contribution is 2.32. The Kier molecular flexibility index (Phi) is 3.28. The summed E-state index contributed by atoms with van der Waals surface area (Å²) >= 11 is 0. The lowest BCUT2D eigenvalue weighted by Crippen LogP contribution is -2.53. The minimum atomic E-state index is 0.314. The normalized spacial score (nSPS) is 27.7. The van der Waals surface area contributed by atoms with Crippen LogP contribution in [0.3, 0.4) is 0 Å². The number of morpholine rings is 1. The number of anilines is 1. The van der Waals surface area contributed by atoms with Crippen molar-refractivity contribution in [2.75, 3.05) is 18.1 Å². The summed E-state index contributed by atoms with van der Waals surface area (Å²) in [5, 5.41) is 0. The van der Waals surface area contributed by atoms with Gasteiger partial charge in [0.05, 0.1) is 24.3 Å². The number of pyridine rings is 1. The van der Waals surface area contributed by atoms with Gasteiger partial charge in [-0.1, -0.05) is 12.8 Å². The van der Waals surface area contributed by atoms with Gasteiger partial charge in [0.25, 0.3) is 0 Å². The molecule has 0 radical (unpaired) electrons. The topological polar surface area (TPSA) is 42.4 Å². The molecule has 18 heavy (non-hydrogen) atoms. The van der Waals surface area contributed by atoms with Crippen molar-refractivity contribution in [3.63, 3.8) is 0 Å². The summed E-state index contributed by atoms with van der Waals surface area (Å²) in [4.78, 5) is 17.8. The molecule has 2 unspecified atom stereocenters. The molecule has 2 heterocycles. The van der Waals surface area contributed by atoms with Crippen LogP contribution in [0, 0.1) is 0 Å². The highest BCUT2D eigenvalue weighted by atomic mass is 16.5. The Morgan fingerprint density at radius 1 is 1.39 bits per heavy atom. The van der Waals surface area contributed by atoms with Crippen LogP contribution in [0.4, 0.5) is 5.82 Å². The first kappa shape index (κ1) is 11.7. The van der Waals surface area contributed by atoms with E-state index < -0.39 is 0 Å². The van der Waals surface area contributed by atoms with Crippen LogP contribution in [-0.4, -0.2) is 36.6 Å². The van der Waals surface area contributed by atoms with E-state index in [4.69, 9.17) is 4.74 Å². The molecule has 0 N–H and O–H groups in total. The Morgan fingerprint density at radius 3 is 3.17 bits per heavy atom. The van der Waals surface area contributed by atoms with Gasteiger partial charge in [0.15, 0.2) is 6.29 Å². The minimum absolute atomic E-state index is 0.314. The number of aromatic nitrogens is 1. The maximum atomic E-state index is 11.1. The highest BCUT2D eigenvalue weighted by Gasteiger charge is 2.35. The van der Waals surface area contributed by atoms with Crippen molar-refractivity contribution < 1.29 is 9.53 Å². The molecular formula is C14H18N2O2. The Bertz CT molecular complexity index is 434. The van der Waals surface area contributed by atoms with E-state index in [0.717, 1.165) is 38.1 Å². The fourth-order valence-electron chi connectivity index (χ4n) is 3.10. The standard InChI is InChI=1S/C14H18N2O2/c17-10-11-4-3-7-15-14(11)16-8-9-18-13-6-2-1-5-12(13)16/h3-4,7,10,12-13H,1-2,5-6,8-9H2. The van der Waals surface area contributed by atoms with E-state index in [1.165, 1.54) is 12.8 Å². The lowest BCUT2D eigenvalue weighted by molar-refractivity contribution is -0.00902. The minimum Gasteiger partial charge on any atom is -0.374 e. The lowest BCUT2D eigenvalue weighted by atomic mass is 9.90. The molecule has 96 valence electrons. The van der Waals surface area contributed by atoms with E-state index in [0.29, 0.717) is 17.7 Å². The maximum absolute atomic E-state index is 11.1. The zero-order chi connectivity index (χ0) is 12.4. The van der Waals surface area contributed by atoms with E-state index in [1.54, 1.807) is 6.20 Å². The van der Waals surface area contributed by atoms with Crippen molar-refractivity contribution in [3.8, 4) is 0 Å². The van der Waals surface area contributed by atoms with Crippen LogP contribution < -0.4 is 4.90 Å². The van der Waals surface area contributed by atoms with Crippen LogP contribution in [0.5, 0.6) is 0 Å². The molecule has 4 heteroatoms. The van der Waals surface area contributed by atoms with E-state index >= 15 is 0 Å². The third-order valence-electron chi connectivity index (χ3n) is 3.95. The van der Waals surface area contributed by atoms with Gasteiger partial charge in [-0.15, -0.1) is 0 Å². The molecule has 3 rings (SSSR count). The van der Waals surface area contributed by atoms with E-state index in [2.05, 4.69) is 9.88 Å². The van der Waals surface area contributed by atoms with Gasteiger partial charge in [-0.2, -0.15) is 0 Å². The van der Waals surface area contributed by atoms with Crippen molar-refractivity contribution in [2.45, 2.75) is 37.8 Å². The average Bonchev–Trinajstić information content (AvgIpc) is 2.46. The molecule has 1 saturated carbocycles. The van der Waals surface area contributed by atoms with Crippen molar-refractivity contribution in [3.05, 3.63) is 23.9 Å². The number of ether oxygens (including phenoxy) is 1. The van der Waals surface area contributed by atoms with Crippen LogP contribution >= 0.6 is 0 Å². The second-order valence-electron chi connectivity index (χ2n) is 4.99. The quantitative estimate of drug-likeness (QED) is 0.749. The second-order valence-corrected chi connectivity index (χ2v) is 4.99. The molecule has 1 aromatic rings. The third-order valence-corrected chi connectivity index (χ3v) is 3.95. The van der Waals surface area contributed by atoms with Crippen molar-refractivity contribution in [2.24, 2.45) is 0 Å². The second kappa shape index (κ2) is 5.06. The summed E-state index contributed by atoms with van der Waals surface area (Å²) in [6.45, 7) is 1.56. The molecular weight excluding hydrogens is 228 g/mol. The summed E-state index contributed by atoms with van der Waals surface area (Å²) in [6, 6.07) is 4.04. The van der Waals surface area contributed by atoms with E-state index in [1.807, 2.05) is 12.1 Å². The number of aldehydes is 1. The van der Waals surface area contributed by atoms with Gasteiger partial charge in [0.1, 0.15) is 5.82 Å². The summed E-state index contributed by atoms with van der Waals surface area (Å²) in [5.41, 5.74) is 0.684. The SMILES string of the molecule is O=Cc1cccnc1N1CCOC2CCCCC21. The number of hydrogen-bond donors (Lipinski definition) is 0. The Balaban J connectivity index is 1.91. The maximum Gasteiger partial charge on any atom is 0.153 e. The molecule has 1 aliphatic heterocycles. The number of rotatable bonds is 2. The van der Waals surface area contributed by atoms with Gasteiger partial charge in [0.2, 0.25) is 0 Å².